The molecule has 0 radical (unpaired) electrons. The maximum atomic E-state index is 12.4. The number of hydrogen-bond donors (Lipinski definition) is 2. The topological polar surface area (TPSA) is 87.2 Å². The smallest absolute Gasteiger partial charge is 0.243 e. The fourth-order valence-corrected chi connectivity index (χ4v) is 3.19. The third-order valence-corrected chi connectivity index (χ3v) is 5.07. The van der Waals surface area contributed by atoms with E-state index in [4.69, 9.17) is 11.1 Å². The quantitative estimate of drug-likeness (QED) is 0.637. The van der Waals surface area contributed by atoms with E-state index in [0.717, 1.165) is 9.87 Å². The lowest BCUT2D eigenvalue weighted by atomic mass is 10.2. The van der Waals surface area contributed by atoms with E-state index in [1.807, 2.05) is 13.0 Å². The van der Waals surface area contributed by atoms with Crippen molar-refractivity contribution in [2.75, 3.05) is 7.05 Å². The molecule has 0 aliphatic carbocycles. The minimum atomic E-state index is -3.62. The van der Waals surface area contributed by atoms with E-state index in [2.05, 4.69) is 0 Å². The zero-order valence-corrected chi connectivity index (χ0v) is 11.9. The van der Waals surface area contributed by atoms with E-state index < -0.39 is 16.1 Å². The van der Waals surface area contributed by atoms with Gasteiger partial charge in [0.05, 0.1) is 10.9 Å². The van der Waals surface area contributed by atoms with Gasteiger partial charge in [-0.15, -0.1) is 0 Å². The van der Waals surface area contributed by atoms with Gasteiger partial charge in [0.2, 0.25) is 10.0 Å². The molecule has 1 unspecified atom stereocenters. The van der Waals surface area contributed by atoms with Gasteiger partial charge < -0.3 is 5.73 Å². The summed E-state index contributed by atoms with van der Waals surface area (Å²) in [5, 5.41) is 7.33. The SMILES string of the molecule is Cc1ccc(S(=O)(=O)N(C)C(C)C(=N)N)c(C)c1. The van der Waals surface area contributed by atoms with Crippen molar-refractivity contribution in [1.82, 2.24) is 4.31 Å². The molecule has 0 aliphatic heterocycles. The van der Waals surface area contributed by atoms with Gasteiger partial charge in [-0.05, 0) is 32.4 Å². The van der Waals surface area contributed by atoms with E-state index in [-0.39, 0.29) is 10.7 Å². The van der Waals surface area contributed by atoms with E-state index >= 15 is 0 Å². The third-order valence-electron chi connectivity index (χ3n) is 2.98. The molecule has 0 aromatic heterocycles. The highest BCUT2D eigenvalue weighted by molar-refractivity contribution is 7.89. The zero-order chi connectivity index (χ0) is 14.1. The summed E-state index contributed by atoms with van der Waals surface area (Å²) in [5.74, 6) is -0.175. The molecular weight excluding hydrogens is 250 g/mol. The van der Waals surface area contributed by atoms with E-state index in [9.17, 15) is 8.42 Å². The predicted octanol–water partition coefficient (Wildman–Crippen LogP) is 1.25. The monoisotopic (exact) mass is 269 g/mol. The van der Waals surface area contributed by atoms with Crippen LogP contribution in [-0.2, 0) is 10.0 Å². The van der Waals surface area contributed by atoms with Crippen LogP contribution in [0.2, 0.25) is 0 Å². The Balaban J connectivity index is 3.25. The Morgan fingerprint density at radius 2 is 1.94 bits per heavy atom. The maximum Gasteiger partial charge on any atom is 0.243 e. The lowest BCUT2D eigenvalue weighted by Crippen LogP contribution is -2.43. The molecule has 0 bridgehead atoms. The first-order valence-corrected chi connectivity index (χ1v) is 7.01. The Labute approximate surface area is 108 Å². The molecule has 6 heteroatoms. The molecule has 0 spiro atoms. The Morgan fingerprint density at radius 1 is 1.39 bits per heavy atom. The Bertz CT molecular complexity index is 567. The van der Waals surface area contributed by atoms with E-state index in [0.29, 0.717) is 5.56 Å². The van der Waals surface area contributed by atoms with Crippen LogP contribution in [0.5, 0.6) is 0 Å². The Hall–Kier alpha value is -1.40. The second-order valence-corrected chi connectivity index (χ2v) is 6.39. The van der Waals surface area contributed by atoms with E-state index in [1.165, 1.54) is 7.05 Å². The molecule has 1 aromatic rings. The van der Waals surface area contributed by atoms with Crippen molar-refractivity contribution in [2.45, 2.75) is 31.7 Å². The number of amidine groups is 1. The molecule has 0 aliphatic rings. The van der Waals surface area contributed by atoms with Crippen molar-refractivity contribution in [3.63, 3.8) is 0 Å². The number of likely N-dealkylation sites (N-methyl/N-ethyl adjacent to an activating group) is 1. The van der Waals surface area contributed by atoms with Gasteiger partial charge in [0.15, 0.2) is 0 Å². The first-order chi connectivity index (χ1) is 8.17. The average molecular weight is 269 g/mol. The van der Waals surface area contributed by atoms with Crippen LogP contribution < -0.4 is 5.73 Å². The highest BCUT2D eigenvalue weighted by Gasteiger charge is 2.28. The lowest BCUT2D eigenvalue weighted by molar-refractivity contribution is 0.448. The lowest BCUT2D eigenvalue weighted by Gasteiger charge is -2.24. The maximum absolute atomic E-state index is 12.4. The number of sulfonamides is 1. The number of benzene rings is 1. The summed E-state index contributed by atoms with van der Waals surface area (Å²) < 4.78 is 25.9. The summed E-state index contributed by atoms with van der Waals surface area (Å²) in [5.41, 5.74) is 7.05. The van der Waals surface area contributed by atoms with Gasteiger partial charge in [0.25, 0.3) is 0 Å². The average Bonchev–Trinajstić information content (AvgIpc) is 2.26. The van der Waals surface area contributed by atoms with Gasteiger partial charge in [-0.3, -0.25) is 5.41 Å². The predicted molar refractivity (Wildman–Crippen MR) is 72.2 cm³/mol. The summed E-state index contributed by atoms with van der Waals surface area (Å²) in [4.78, 5) is 0.253. The number of rotatable bonds is 4. The normalized spacial score (nSPS) is 13.6. The highest BCUT2D eigenvalue weighted by Crippen LogP contribution is 2.21. The summed E-state index contributed by atoms with van der Waals surface area (Å²) in [6.07, 6.45) is 0. The largest absolute Gasteiger partial charge is 0.386 e. The molecule has 3 N–H and O–H groups in total. The molecule has 5 nitrogen and oxygen atoms in total. The number of nitrogens with one attached hydrogen (secondary N) is 1. The van der Waals surface area contributed by atoms with Gasteiger partial charge in [-0.1, -0.05) is 17.7 Å². The number of nitrogens with two attached hydrogens (primary N) is 1. The standard InChI is InChI=1S/C12H19N3O2S/c1-8-5-6-11(9(2)7-8)18(16,17)15(4)10(3)12(13)14/h5-7,10H,1-4H3,(H3,13,14). The third kappa shape index (κ3) is 2.70. The van der Waals surface area contributed by atoms with Crippen molar-refractivity contribution >= 4 is 15.9 Å². The van der Waals surface area contributed by atoms with Crippen LogP contribution in [0.15, 0.2) is 23.1 Å². The fraction of sp³-hybridized carbons (Fsp3) is 0.417. The highest BCUT2D eigenvalue weighted by atomic mass is 32.2. The molecule has 100 valence electrons. The van der Waals surface area contributed by atoms with Gasteiger partial charge >= 0.3 is 0 Å². The molecule has 0 amide bonds. The van der Waals surface area contributed by atoms with Crippen molar-refractivity contribution in [1.29, 1.82) is 5.41 Å². The molecule has 1 aromatic carbocycles. The molecule has 18 heavy (non-hydrogen) atoms. The van der Waals surface area contributed by atoms with Gasteiger partial charge in [0, 0.05) is 7.05 Å². The van der Waals surface area contributed by atoms with Crippen LogP contribution in [-0.4, -0.2) is 31.6 Å². The summed E-state index contributed by atoms with van der Waals surface area (Å²) >= 11 is 0. The van der Waals surface area contributed by atoms with Gasteiger partial charge in [0.1, 0.15) is 5.84 Å². The number of nitrogens with zero attached hydrogens (tertiary/aromatic N) is 1. The molecule has 1 rings (SSSR count). The summed E-state index contributed by atoms with van der Waals surface area (Å²) in [6.45, 7) is 5.25. The van der Waals surface area contributed by atoms with Gasteiger partial charge in [-0.25, -0.2) is 8.42 Å². The number of hydrogen-bond acceptors (Lipinski definition) is 3. The minimum absolute atomic E-state index is 0.175. The zero-order valence-electron chi connectivity index (χ0n) is 11.1. The van der Waals surface area contributed by atoms with Crippen molar-refractivity contribution in [3.8, 4) is 0 Å². The van der Waals surface area contributed by atoms with Crippen LogP contribution in [0, 0.1) is 19.3 Å². The molecule has 0 saturated carbocycles. The Kier molecular flexibility index (Phi) is 4.13. The molecule has 0 saturated heterocycles. The van der Waals surface area contributed by atoms with Crippen LogP contribution in [0.25, 0.3) is 0 Å². The first kappa shape index (κ1) is 14.7. The van der Waals surface area contributed by atoms with Crippen molar-refractivity contribution in [2.24, 2.45) is 5.73 Å². The molecule has 0 fully saturated rings. The second-order valence-electron chi connectivity index (χ2n) is 4.42. The molecular formula is C12H19N3O2S. The van der Waals surface area contributed by atoms with Crippen LogP contribution >= 0.6 is 0 Å². The van der Waals surface area contributed by atoms with Crippen LogP contribution in [0.1, 0.15) is 18.1 Å². The second kappa shape index (κ2) is 5.07. The first-order valence-electron chi connectivity index (χ1n) is 5.57. The minimum Gasteiger partial charge on any atom is -0.386 e. The van der Waals surface area contributed by atoms with Crippen molar-refractivity contribution < 1.29 is 8.42 Å². The van der Waals surface area contributed by atoms with Gasteiger partial charge in [-0.2, -0.15) is 4.31 Å². The summed E-state index contributed by atoms with van der Waals surface area (Å²) in [7, 11) is -2.19. The molecule has 1 atom stereocenters. The van der Waals surface area contributed by atoms with E-state index in [1.54, 1.807) is 26.0 Å². The Morgan fingerprint density at radius 3 is 2.39 bits per heavy atom. The van der Waals surface area contributed by atoms with Crippen LogP contribution in [0.3, 0.4) is 0 Å². The summed E-state index contributed by atoms with van der Waals surface area (Å²) in [6, 6.07) is 4.50. The fourth-order valence-electron chi connectivity index (χ4n) is 1.65. The molecule has 0 heterocycles. The van der Waals surface area contributed by atoms with Crippen molar-refractivity contribution in [3.05, 3.63) is 29.3 Å². The number of aryl methyl sites for hydroxylation is 2. The van der Waals surface area contributed by atoms with Crippen LogP contribution in [0.4, 0.5) is 0 Å².